The fourth-order valence-electron chi connectivity index (χ4n) is 3.52. The standard InChI is InChI=1S/C28H24ClN3O3/c29-25-15-5-4-14-24(25)28(34)32-26(20-9-2-1-3-10-20)18-27(33)31-21-12-8-13-23(17-21)35-19-22-11-6-7-16-30-22/h1-17,26H,18-19H2,(H,31,33)(H,32,34). The highest BCUT2D eigenvalue weighted by Gasteiger charge is 2.20. The van der Waals surface area contributed by atoms with Crippen molar-refractivity contribution in [1.29, 1.82) is 0 Å². The predicted molar refractivity (Wildman–Crippen MR) is 136 cm³/mol. The Hall–Kier alpha value is -4.16. The first-order valence-electron chi connectivity index (χ1n) is 11.1. The van der Waals surface area contributed by atoms with Gasteiger partial charge in [-0.05, 0) is 42.0 Å². The van der Waals surface area contributed by atoms with E-state index in [-0.39, 0.29) is 18.2 Å². The molecule has 2 amide bonds. The number of hydrogen-bond donors (Lipinski definition) is 2. The first-order valence-corrected chi connectivity index (χ1v) is 11.5. The summed E-state index contributed by atoms with van der Waals surface area (Å²) in [5.74, 6) is 0.0162. The maximum Gasteiger partial charge on any atom is 0.253 e. The van der Waals surface area contributed by atoms with E-state index in [1.165, 1.54) is 0 Å². The highest BCUT2D eigenvalue weighted by molar-refractivity contribution is 6.33. The number of anilines is 1. The Morgan fingerprint density at radius 2 is 1.66 bits per heavy atom. The van der Waals surface area contributed by atoms with Gasteiger partial charge in [0, 0.05) is 18.0 Å². The van der Waals surface area contributed by atoms with Crippen LogP contribution < -0.4 is 15.4 Å². The van der Waals surface area contributed by atoms with E-state index in [1.54, 1.807) is 48.7 Å². The van der Waals surface area contributed by atoms with Crippen LogP contribution in [0, 0.1) is 0 Å². The van der Waals surface area contributed by atoms with Crippen LogP contribution in [-0.4, -0.2) is 16.8 Å². The molecule has 0 aliphatic rings. The van der Waals surface area contributed by atoms with E-state index in [1.807, 2.05) is 54.6 Å². The molecule has 3 aromatic carbocycles. The summed E-state index contributed by atoms with van der Waals surface area (Å²) in [5.41, 5.74) is 2.57. The van der Waals surface area contributed by atoms with Gasteiger partial charge < -0.3 is 15.4 Å². The van der Waals surface area contributed by atoms with Gasteiger partial charge in [-0.2, -0.15) is 0 Å². The third-order valence-electron chi connectivity index (χ3n) is 5.25. The summed E-state index contributed by atoms with van der Waals surface area (Å²) >= 11 is 6.19. The maximum absolute atomic E-state index is 12.9. The van der Waals surface area contributed by atoms with Crippen LogP contribution in [-0.2, 0) is 11.4 Å². The molecule has 4 aromatic rings. The molecule has 4 rings (SSSR count). The number of carbonyl (C=O) groups is 2. The Bertz CT molecular complexity index is 1280. The molecule has 1 aromatic heterocycles. The van der Waals surface area contributed by atoms with E-state index in [4.69, 9.17) is 16.3 Å². The first kappa shape index (κ1) is 24.0. The molecule has 0 radical (unpaired) electrons. The van der Waals surface area contributed by atoms with E-state index in [0.717, 1.165) is 11.3 Å². The maximum atomic E-state index is 12.9. The Morgan fingerprint density at radius 3 is 2.43 bits per heavy atom. The van der Waals surface area contributed by atoms with Crippen molar-refractivity contribution in [2.24, 2.45) is 0 Å². The molecule has 1 unspecified atom stereocenters. The van der Waals surface area contributed by atoms with Gasteiger partial charge in [0.25, 0.3) is 5.91 Å². The Labute approximate surface area is 208 Å². The van der Waals surface area contributed by atoms with Crippen molar-refractivity contribution in [3.05, 3.63) is 125 Å². The zero-order valence-electron chi connectivity index (χ0n) is 18.9. The van der Waals surface area contributed by atoms with Crippen LogP contribution in [0.25, 0.3) is 0 Å². The van der Waals surface area contributed by atoms with Gasteiger partial charge in [0.05, 0.1) is 28.7 Å². The Morgan fingerprint density at radius 1 is 0.886 bits per heavy atom. The van der Waals surface area contributed by atoms with Crippen molar-refractivity contribution in [3.63, 3.8) is 0 Å². The van der Waals surface area contributed by atoms with Gasteiger partial charge in [0.1, 0.15) is 12.4 Å². The van der Waals surface area contributed by atoms with Crippen LogP contribution >= 0.6 is 11.6 Å². The minimum atomic E-state index is -0.538. The van der Waals surface area contributed by atoms with Crippen LogP contribution in [0.3, 0.4) is 0 Å². The number of aromatic nitrogens is 1. The molecule has 35 heavy (non-hydrogen) atoms. The number of rotatable bonds is 9. The molecule has 7 heteroatoms. The first-order chi connectivity index (χ1) is 17.1. The van der Waals surface area contributed by atoms with Crippen molar-refractivity contribution in [2.75, 3.05) is 5.32 Å². The second-order valence-electron chi connectivity index (χ2n) is 7.81. The van der Waals surface area contributed by atoms with Crippen molar-refractivity contribution in [1.82, 2.24) is 10.3 Å². The molecular formula is C28H24ClN3O3. The number of hydrogen-bond acceptors (Lipinski definition) is 4. The minimum Gasteiger partial charge on any atom is -0.487 e. The summed E-state index contributed by atoms with van der Waals surface area (Å²) in [6.07, 6.45) is 1.75. The third-order valence-corrected chi connectivity index (χ3v) is 5.58. The van der Waals surface area contributed by atoms with E-state index in [2.05, 4.69) is 15.6 Å². The van der Waals surface area contributed by atoms with Gasteiger partial charge >= 0.3 is 0 Å². The van der Waals surface area contributed by atoms with Crippen LogP contribution in [0.2, 0.25) is 5.02 Å². The molecule has 0 aliphatic heterocycles. The van der Waals surface area contributed by atoms with Crippen LogP contribution in [0.4, 0.5) is 5.69 Å². The molecule has 0 fully saturated rings. The summed E-state index contributed by atoms with van der Waals surface area (Å²) in [6.45, 7) is 0.322. The second-order valence-corrected chi connectivity index (χ2v) is 8.21. The molecule has 1 atom stereocenters. The highest BCUT2D eigenvalue weighted by Crippen LogP contribution is 2.23. The topological polar surface area (TPSA) is 80.3 Å². The monoisotopic (exact) mass is 485 g/mol. The minimum absolute atomic E-state index is 0.0409. The second kappa shape index (κ2) is 11.8. The van der Waals surface area contributed by atoms with Gasteiger partial charge in [-0.25, -0.2) is 0 Å². The average molecular weight is 486 g/mol. The lowest BCUT2D eigenvalue weighted by Crippen LogP contribution is -2.31. The number of nitrogens with zero attached hydrogens (tertiary/aromatic N) is 1. The summed E-state index contributed by atoms with van der Waals surface area (Å²) in [6, 6.07) is 28.4. The molecule has 6 nitrogen and oxygen atoms in total. The van der Waals surface area contributed by atoms with Gasteiger partial charge in [-0.15, -0.1) is 0 Å². The number of benzene rings is 3. The SMILES string of the molecule is O=C(CC(NC(=O)c1ccccc1Cl)c1ccccc1)Nc1cccc(OCc2ccccn2)c1. The van der Waals surface area contributed by atoms with E-state index < -0.39 is 6.04 Å². The number of halogens is 1. The zero-order valence-corrected chi connectivity index (χ0v) is 19.6. The molecule has 0 saturated heterocycles. The molecule has 0 spiro atoms. The van der Waals surface area contributed by atoms with E-state index in [0.29, 0.717) is 28.6 Å². The molecule has 1 heterocycles. The quantitative estimate of drug-likeness (QED) is 0.313. The number of ether oxygens (including phenoxy) is 1. The normalized spacial score (nSPS) is 11.3. The molecule has 2 N–H and O–H groups in total. The number of amides is 2. The average Bonchev–Trinajstić information content (AvgIpc) is 2.88. The van der Waals surface area contributed by atoms with Gasteiger partial charge in [0.2, 0.25) is 5.91 Å². The summed E-state index contributed by atoms with van der Waals surface area (Å²) in [7, 11) is 0. The fourth-order valence-corrected chi connectivity index (χ4v) is 3.74. The number of carbonyl (C=O) groups excluding carboxylic acids is 2. The predicted octanol–water partition coefficient (Wildman–Crippen LogP) is 5.81. The smallest absolute Gasteiger partial charge is 0.253 e. The lowest BCUT2D eigenvalue weighted by atomic mass is 10.0. The molecule has 0 aliphatic carbocycles. The summed E-state index contributed by atoms with van der Waals surface area (Å²) in [5, 5.41) is 6.19. The van der Waals surface area contributed by atoms with Crippen molar-refractivity contribution in [3.8, 4) is 5.75 Å². The van der Waals surface area contributed by atoms with Gasteiger partial charge in [-0.3, -0.25) is 14.6 Å². The fraction of sp³-hybridized carbons (Fsp3) is 0.107. The Kier molecular flexibility index (Phi) is 8.09. The molecule has 0 bridgehead atoms. The van der Waals surface area contributed by atoms with Crippen molar-refractivity contribution < 1.29 is 14.3 Å². The summed E-state index contributed by atoms with van der Waals surface area (Å²) in [4.78, 5) is 30.0. The Balaban J connectivity index is 1.42. The van der Waals surface area contributed by atoms with Gasteiger partial charge in [0.15, 0.2) is 0 Å². The van der Waals surface area contributed by atoms with Gasteiger partial charge in [-0.1, -0.05) is 66.2 Å². The van der Waals surface area contributed by atoms with E-state index >= 15 is 0 Å². The lowest BCUT2D eigenvalue weighted by molar-refractivity contribution is -0.116. The van der Waals surface area contributed by atoms with Crippen molar-refractivity contribution >= 4 is 29.1 Å². The van der Waals surface area contributed by atoms with Crippen LogP contribution in [0.5, 0.6) is 5.75 Å². The number of nitrogens with one attached hydrogen (secondary N) is 2. The highest BCUT2D eigenvalue weighted by atomic mass is 35.5. The summed E-state index contributed by atoms with van der Waals surface area (Å²) < 4.78 is 5.79. The third kappa shape index (κ3) is 6.91. The lowest BCUT2D eigenvalue weighted by Gasteiger charge is -2.19. The van der Waals surface area contributed by atoms with E-state index in [9.17, 15) is 9.59 Å². The molecule has 176 valence electrons. The largest absolute Gasteiger partial charge is 0.487 e. The zero-order chi connectivity index (χ0) is 24.5. The molecule has 0 saturated carbocycles. The van der Waals surface area contributed by atoms with Crippen LogP contribution in [0.15, 0.2) is 103 Å². The number of pyridine rings is 1. The van der Waals surface area contributed by atoms with Crippen molar-refractivity contribution in [2.45, 2.75) is 19.1 Å². The van der Waals surface area contributed by atoms with Crippen LogP contribution in [0.1, 0.15) is 34.1 Å². The molecular weight excluding hydrogens is 462 g/mol.